The van der Waals surface area contributed by atoms with Crippen molar-refractivity contribution in [1.29, 1.82) is 0 Å². The van der Waals surface area contributed by atoms with E-state index in [0.29, 0.717) is 33.8 Å². The van der Waals surface area contributed by atoms with Gasteiger partial charge in [0.05, 0.1) is 24.3 Å². The van der Waals surface area contributed by atoms with Crippen molar-refractivity contribution in [3.8, 4) is 11.5 Å². The number of hydrogen-bond donors (Lipinski definition) is 1. The predicted octanol–water partition coefficient (Wildman–Crippen LogP) is 4.10. The van der Waals surface area contributed by atoms with Crippen molar-refractivity contribution in [1.82, 2.24) is 4.98 Å². The molecule has 138 valence electrons. The number of carbonyl (C=O) groups excluding carboxylic acids is 2. The Morgan fingerprint density at radius 2 is 2.08 bits per heavy atom. The molecule has 0 saturated heterocycles. The van der Waals surface area contributed by atoms with E-state index in [1.165, 1.54) is 24.3 Å². The number of benzene rings is 1. The number of amides is 1. The Kier molecular flexibility index (Phi) is 6.91. The topological polar surface area (TPSA) is 77.5 Å². The van der Waals surface area contributed by atoms with Gasteiger partial charge in [0.2, 0.25) is 5.91 Å². The molecule has 0 bridgehead atoms. The maximum absolute atomic E-state index is 12.1. The molecule has 0 aliphatic heterocycles. The number of ketones is 1. The number of anilines is 1. The molecule has 0 aliphatic carbocycles. The maximum Gasteiger partial charge on any atom is 0.250 e. The van der Waals surface area contributed by atoms with Crippen molar-refractivity contribution in [2.75, 3.05) is 19.0 Å². The minimum Gasteiger partial charge on any atom is -0.493 e. The lowest BCUT2D eigenvalue weighted by atomic mass is 10.2. The van der Waals surface area contributed by atoms with Crippen molar-refractivity contribution < 1.29 is 19.1 Å². The third kappa shape index (κ3) is 5.16. The molecule has 26 heavy (non-hydrogen) atoms. The fourth-order valence-corrected chi connectivity index (χ4v) is 3.08. The molecule has 7 heteroatoms. The standard InChI is InChI=1S/C19H22N2O4S/c1-5-10-25-15-8-6-14(11-16(15)24-4)7-9-17(23)21-19-20-12(2)18(26-19)13(3)22/h6-9,11H,5,10H2,1-4H3,(H,20,21,23). The van der Waals surface area contributed by atoms with E-state index in [1.807, 2.05) is 19.1 Å². The number of carbonyl (C=O) groups is 2. The average molecular weight is 374 g/mol. The van der Waals surface area contributed by atoms with E-state index in [-0.39, 0.29) is 11.7 Å². The molecule has 0 fully saturated rings. The first kappa shape index (κ1) is 19.7. The first-order valence-electron chi connectivity index (χ1n) is 8.22. The predicted molar refractivity (Wildman–Crippen MR) is 103 cm³/mol. The average Bonchev–Trinajstić information content (AvgIpc) is 2.98. The number of nitrogens with zero attached hydrogens (tertiary/aromatic N) is 1. The molecule has 2 rings (SSSR count). The molecule has 1 aromatic carbocycles. The molecule has 2 aromatic rings. The highest BCUT2D eigenvalue weighted by Gasteiger charge is 2.12. The number of thiazole rings is 1. The summed E-state index contributed by atoms with van der Waals surface area (Å²) >= 11 is 1.17. The molecule has 0 spiro atoms. The molecule has 0 atom stereocenters. The number of aryl methyl sites for hydroxylation is 1. The van der Waals surface area contributed by atoms with E-state index in [0.717, 1.165) is 12.0 Å². The third-order valence-corrected chi connectivity index (χ3v) is 4.60. The summed E-state index contributed by atoms with van der Waals surface area (Å²) in [5, 5.41) is 3.08. The minimum absolute atomic E-state index is 0.0616. The first-order chi connectivity index (χ1) is 12.4. The minimum atomic E-state index is -0.320. The fourth-order valence-electron chi connectivity index (χ4n) is 2.21. The molecule has 1 heterocycles. The second kappa shape index (κ2) is 9.15. The monoisotopic (exact) mass is 374 g/mol. The summed E-state index contributed by atoms with van der Waals surface area (Å²) in [6.07, 6.45) is 3.99. The lowest BCUT2D eigenvalue weighted by molar-refractivity contribution is -0.111. The largest absolute Gasteiger partial charge is 0.493 e. The van der Waals surface area contributed by atoms with Gasteiger partial charge in [-0.2, -0.15) is 0 Å². The highest BCUT2D eigenvalue weighted by Crippen LogP contribution is 2.28. The van der Waals surface area contributed by atoms with Gasteiger partial charge in [-0.3, -0.25) is 14.9 Å². The summed E-state index contributed by atoms with van der Waals surface area (Å²) < 4.78 is 10.9. The number of ether oxygens (including phenoxy) is 2. The van der Waals surface area contributed by atoms with Gasteiger partial charge in [0, 0.05) is 13.0 Å². The van der Waals surface area contributed by atoms with Crippen LogP contribution in [0.2, 0.25) is 0 Å². The molecule has 6 nitrogen and oxygen atoms in total. The molecule has 1 N–H and O–H groups in total. The molecule has 1 amide bonds. The molecule has 0 radical (unpaired) electrons. The molecular formula is C19H22N2O4S. The number of Topliss-reactive ketones (excluding diaryl/α,β-unsaturated/α-hetero) is 1. The van der Waals surface area contributed by atoms with Gasteiger partial charge in [-0.25, -0.2) is 4.98 Å². The van der Waals surface area contributed by atoms with E-state index in [4.69, 9.17) is 9.47 Å². The van der Waals surface area contributed by atoms with Crippen LogP contribution in [0.15, 0.2) is 24.3 Å². The first-order valence-corrected chi connectivity index (χ1v) is 9.04. The van der Waals surface area contributed by atoms with Crippen molar-refractivity contribution in [2.24, 2.45) is 0 Å². The van der Waals surface area contributed by atoms with E-state index >= 15 is 0 Å². The molecule has 0 saturated carbocycles. The summed E-state index contributed by atoms with van der Waals surface area (Å²) in [6.45, 7) is 5.87. The summed E-state index contributed by atoms with van der Waals surface area (Å²) in [6, 6.07) is 5.46. The Morgan fingerprint density at radius 3 is 2.69 bits per heavy atom. The number of aromatic nitrogens is 1. The summed E-state index contributed by atoms with van der Waals surface area (Å²) in [4.78, 5) is 28.3. The normalized spacial score (nSPS) is 10.8. The van der Waals surface area contributed by atoms with Gasteiger partial charge < -0.3 is 9.47 Å². The van der Waals surface area contributed by atoms with Crippen LogP contribution < -0.4 is 14.8 Å². The fraction of sp³-hybridized carbons (Fsp3) is 0.316. The van der Waals surface area contributed by atoms with Crippen molar-refractivity contribution in [3.63, 3.8) is 0 Å². The Morgan fingerprint density at radius 1 is 1.31 bits per heavy atom. The van der Waals surface area contributed by atoms with Crippen molar-refractivity contribution in [2.45, 2.75) is 27.2 Å². The Balaban J connectivity index is 2.05. The molecular weight excluding hydrogens is 352 g/mol. The molecule has 0 aliphatic rings. The third-order valence-electron chi connectivity index (χ3n) is 3.42. The van der Waals surface area contributed by atoms with Crippen LogP contribution in [0.25, 0.3) is 6.08 Å². The quantitative estimate of drug-likeness (QED) is 0.556. The van der Waals surface area contributed by atoms with Crippen LogP contribution in [-0.2, 0) is 4.79 Å². The van der Waals surface area contributed by atoms with Gasteiger partial charge in [0.1, 0.15) is 0 Å². The Hall–Kier alpha value is -2.67. The maximum atomic E-state index is 12.1. The lowest BCUT2D eigenvalue weighted by Crippen LogP contribution is -2.07. The van der Waals surface area contributed by atoms with Gasteiger partial charge in [-0.05, 0) is 37.1 Å². The van der Waals surface area contributed by atoms with Crippen LogP contribution in [-0.4, -0.2) is 30.4 Å². The van der Waals surface area contributed by atoms with Crippen LogP contribution in [0.3, 0.4) is 0 Å². The van der Waals surface area contributed by atoms with Crippen LogP contribution >= 0.6 is 11.3 Å². The van der Waals surface area contributed by atoms with E-state index in [2.05, 4.69) is 10.3 Å². The van der Waals surface area contributed by atoms with Gasteiger partial charge in [-0.1, -0.05) is 24.3 Å². The van der Waals surface area contributed by atoms with E-state index in [1.54, 1.807) is 26.2 Å². The number of methoxy groups -OCH3 is 1. The van der Waals surface area contributed by atoms with Crippen LogP contribution in [0.5, 0.6) is 11.5 Å². The highest BCUT2D eigenvalue weighted by atomic mass is 32.1. The Labute approximate surface area is 156 Å². The van der Waals surface area contributed by atoms with Crippen molar-refractivity contribution >= 4 is 34.2 Å². The second-order valence-electron chi connectivity index (χ2n) is 5.57. The van der Waals surface area contributed by atoms with Crippen LogP contribution in [0.1, 0.15) is 41.2 Å². The zero-order chi connectivity index (χ0) is 19.1. The number of rotatable bonds is 8. The Bertz CT molecular complexity index is 827. The van der Waals surface area contributed by atoms with Gasteiger partial charge >= 0.3 is 0 Å². The van der Waals surface area contributed by atoms with Crippen LogP contribution in [0, 0.1) is 6.92 Å². The number of hydrogen-bond acceptors (Lipinski definition) is 6. The zero-order valence-electron chi connectivity index (χ0n) is 15.3. The summed E-state index contributed by atoms with van der Waals surface area (Å²) in [5.41, 5.74) is 1.43. The number of nitrogens with one attached hydrogen (secondary N) is 1. The zero-order valence-corrected chi connectivity index (χ0v) is 16.1. The second-order valence-corrected chi connectivity index (χ2v) is 6.57. The molecule has 1 aromatic heterocycles. The SMILES string of the molecule is CCCOc1ccc(C=CC(=O)Nc2nc(C)c(C(C)=O)s2)cc1OC. The van der Waals surface area contributed by atoms with E-state index in [9.17, 15) is 9.59 Å². The van der Waals surface area contributed by atoms with Crippen molar-refractivity contribution in [3.05, 3.63) is 40.4 Å². The van der Waals surface area contributed by atoms with Crippen LogP contribution in [0.4, 0.5) is 5.13 Å². The van der Waals surface area contributed by atoms with E-state index < -0.39 is 0 Å². The summed E-state index contributed by atoms with van der Waals surface area (Å²) in [5.74, 6) is 0.904. The lowest BCUT2D eigenvalue weighted by Gasteiger charge is -2.10. The van der Waals surface area contributed by atoms with Gasteiger partial charge in [0.15, 0.2) is 22.4 Å². The summed E-state index contributed by atoms with van der Waals surface area (Å²) in [7, 11) is 1.58. The highest BCUT2D eigenvalue weighted by molar-refractivity contribution is 7.17. The molecule has 0 unspecified atom stereocenters. The van der Waals surface area contributed by atoms with Gasteiger partial charge in [0.25, 0.3) is 0 Å². The smallest absolute Gasteiger partial charge is 0.250 e. The van der Waals surface area contributed by atoms with Gasteiger partial charge in [-0.15, -0.1) is 0 Å².